The molecule has 0 saturated carbocycles. The predicted octanol–water partition coefficient (Wildman–Crippen LogP) is 8.68. The van der Waals surface area contributed by atoms with Gasteiger partial charge < -0.3 is 24.2 Å². The van der Waals surface area contributed by atoms with Crippen LogP contribution in [0.3, 0.4) is 0 Å². The highest BCUT2D eigenvalue weighted by atomic mass is 32.2. The lowest BCUT2D eigenvalue weighted by Crippen LogP contribution is -2.17. The van der Waals surface area contributed by atoms with Crippen molar-refractivity contribution in [1.82, 2.24) is 0 Å². The average molecular weight is 624 g/mol. The van der Waals surface area contributed by atoms with Crippen LogP contribution < -0.4 is 19.1 Å². The fourth-order valence-electron chi connectivity index (χ4n) is 4.45. The zero-order valence-electron chi connectivity index (χ0n) is 24.6. The van der Waals surface area contributed by atoms with Crippen LogP contribution in [0.5, 0.6) is 11.5 Å². The molecule has 0 radical (unpaired) electrons. The molecule has 0 fully saturated rings. The van der Waals surface area contributed by atoms with E-state index in [0.29, 0.717) is 22.9 Å². The molecule has 224 valence electrons. The topological polar surface area (TPSA) is 90.9 Å². The van der Waals surface area contributed by atoms with E-state index in [1.807, 2.05) is 62.5 Å². The highest BCUT2D eigenvalue weighted by molar-refractivity contribution is 8.00. The summed E-state index contributed by atoms with van der Waals surface area (Å²) in [7, 11) is 0.391. The number of nitrogens with zero attached hydrogens (tertiary/aromatic N) is 1. The number of rotatable bonds is 12. The van der Waals surface area contributed by atoms with E-state index in [1.54, 1.807) is 24.3 Å². The Bertz CT molecular complexity index is 1760. The summed E-state index contributed by atoms with van der Waals surface area (Å²) in [5, 5.41) is 9.93. The molecular formula is C35H33N3O4S2. The summed E-state index contributed by atoms with van der Waals surface area (Å²) in [5.74, 6) is -0.263. The molecule has 1 atom stereocenters. The van der Waals surface area contributed by atoms with E-state index in [4.69, 9.17) is 4.74 Å². The Morgan fingerprint density at radius 2 is 1.43 bits per heavy atom. The van der Waals surface area contributed by atoms with Crippen LogP contribution in [0.15, 0.2) is 125 Å². The van der Waals surface area contributed by atoms with Crippen molar-refractivity contribution in [1.29, 1.82) is 0 Å². The number of anilines is 3. The average Bonchev–Trinajstić information content (AvgIpc) is 3.02. The van der Waals surface area contributed by atoms with Gasteiger partial charge in [0.15, 0.2) is 0 Å². The fourth-order valence-corrected chi connectivity index (χ4v) is 6.00. The zero-order chi connectivity index (χ0) is 31.1. The Kier molecular flexibility index (Phi) is 9.89. The first kappa shape index (κ1) is 30.7. The monoisotopic (exact) mass is 623 g/mol. The van der Waals surface area contributed by atoms with Crippen molar-refractivity contribution < 1.29 is 18.8 Å². The first-order chi connectivity index (χ1) is 21.2. The maximum absolute atomic E-state index is 12.9. The van der Waals surface area contributed by atoms with Crippen LogP contribution in [0, 0.1) is 13.8 Å². The third-order valence-corrected chi connectivity index (χ3v) is 8.77. The lowest BCUT2D eigenvalue weighted by Gasteiger charge is -2.24. The van der Waals surface area contributed by atoms with E-state index in [1.165, 1.54) is 23.6 Å². The predicted molar refractivity (Wildman–Crippen MR) is 180 cm³/mol. The second-order valence-corrected chi connectivity index (χ2v) is 12.4. The van der Waals surface area contributed by atoms with Crippen molar-refractivity contribution in [2.75, 3.05) is 21.4 Å². The highest BCUT2D eigenvalue weighted by Gasteiger charge is 2.16. The molecule has 0 aromatic heterocycles. The summed E-state index contributed by atoms with van der Waals surface area (Å²) in [6, 6.07) is 36.1. The van der Waals surface area contributed by atoms with Gasteiger partial charge in [-0.25, -0.2) is 9.00 Å². The second kappa shape index (κ2) is 14.2. The molecule has 3 N–H and O–H groups in total. The first-order valence-corrected chi connectivity index (χ1v) is 15.9. The molecule has 0 heterocycles. The Labute approximate surface area is 264 Å². The van der Waals surface area contributed by atoms with E-state index in [2.05, 4.69) is 57.7 Å². The number of hydrogen-bond acceptors (Lipinski definition) is 6. The summed E-state index contributed by atoms with van der Waals surface area (Å²) in [5.41, 5.74) is 5.42. The highest BCUT2D eigenvalue weighted by Crippen LogP contribution is 2.36. The normalized spacial score (nSPS) is 11.4. The molecule has 0 bridgehead atoms. The SMILES string of the molecule is Cc1ccc(SNc2ccc(Oc3ccc(NS(=O)c4ccc(C)cc4)c(C(=O)O)c3)cc2N(C)Cc2ccccc2)cc1. The summed E-state index contributed by atoms with van der Waals surface area (Å²) < 4.78 is 25.3. The number of carboxylic acids is 1. The summed E-state index contributed by atoms with van der Waals surface area (Å²) in [6.07, 6.45) is 0. The number of carboxylic acid groups (broad SMARTS) is 1. The van der Waals surface area contributed by atoms with E-state index in [0.717, 1.165) is 27.4 Å². The van der Waals surface area contributed by atoms with Crippen molar-refractivity contribution in [3.8, 4) is 11.5 Å². The van der Waals surface area contributed by atoms with Crippen molar-refractivity contribution >= 4 is 46.0 Å². The van der Waals surface area contributed by atoms with Gasteiger partial charge in [-0.05, 0) is 86.0 Å². The van der Waals surface area contributed by atoms with Crippen molar-refractivity contribution in [2.45, 2.75) is 30.2 Å². The summed E-state index contributed by atoms with van der Waals surface area (Å²) in [6.45, 7) is 4.68. The molecule has 0 amide bonds. The smallest absolute Gasteiger partial charge is 0.337 e. The minimum Gasteiger partial charge on any atom is -0.478 e. The van der Waals surface area contributed by atoms with Gasteiger partial charge in [-0.1, -0.05) is 65.7 Å². The molecule has 5 aromatic carbocycles. The number of aryl methyl sites for hydroxylation is 2. The molecule has 0 spiro atoms. The molecule has 1 unspecified atom stereocenters. The van der Waals surface area contributed by atoms with Gasteiger partial charge in [0.2, 0.25) is 0 Å². The van der Waals surface area contributed by atoms with Gasteiger partial charge in [0, 0.05) is 24.6 Å². The molecule has 0 aliphatic heterocycles. The van der Waals surface area contributed by atoms with Gasteiger partial charge in [0.05, 0.1) is 27.5 Å². The van der Waals surface area contributed by atoms with Crippen LogP contribution in [-0.4, -0.2) is 22.3 Å². The number of ether oxygens (including phenoxy) is 1. The molecular weight excluding hydrogens is 591 g/mol. The van der Waals surface area contributed by atoms with Gasteiger partial charge in [0.1, 0.15) is 22.5 Å². The van der Waals surface area contributed by atoms with Gasteiger partial charge in [-0.15, -0.1) is 0 Å². The number of hydrogen-bond donors (Lipinski definition) is 3. The van der Waals surface area contributed by atoms with Crippen LogP contribution in [0.1, 0.15) is 27.0 Å². The molecule has 0 aliphatic rings. The standard InChI is InChI=1S/C35H33N3O4S2/c1-24-9-15-29(16-10-24)43-36-33-20-14-28(22-34(33)38(3)23-26-7-5-4-6-8-26)42-27-13-19-32(31(21-27)35(39)40)37-44(41)30-17-11-25(2)12-18-30/h4-22,36-37H,23H2,1-3H3,(H,39,40). The largest absolute Gasteiger partial charge is 0.478 e. The maximum Gasteiger partial charge on any atom is 0.337 e. The van der Waals surface area contributed by atoms with Crippen LogP contribution >= 0.6 is 11.9 Å². The number of benzene rings is 5. The summed E-state index contributed by atoms with van der Waals surface area (Å²) >= 11 is 1.53. The quantitative estimate of drug-likeness (QED) is 0.120. The molecule has 5 aromatic rings. The molecule has 9 heteroatoms. The van der Waals surface area contributed by atoms with Gasteiger partial charge >= 0.3 is 5.97 Å². The molecule has 5 rings (SSSR count). The van der Waals surface area contributed by atoms with Crippen molar-refractivity contribution in [3.05, 3.63) is 138 Å². The van der Waals surface area contributed by atoms with E-state index in [9.17, 15) is 14.1 Å². The number of carbonyl (C=O) groups is 1. The lowest BCUT2D eigenvalue weighted by molar-refractivity contribution is 0.0697. The van der Waals surface area contributed by atoms with Gasteiger partial charge in [-0.2, -0.15) is 0 Å². The van der Waals surface area contributed by atoms with Crippen molar-refractivity contribution in [3.63, 3.8) is 0 Å². The van der Waals surface area contributed by atoms with Crippen LogP contribution in [0.4, 0.5) is 17.1 Å². The molecule has 7 nitrogen and oxygen atoms in total. The number of aromatic carboxylic acids is 1. The second-order valence-electron chi connectivity index (χ2n) is 10.3. The van der Waals surface area contributed by atoms with E-state index >= 15 is 0 Å². The maximum atomic E-state index is 12.9. The zero-order valence-corrected chi connectivity index (χ0v) is 26.2. The fraction of sp³-hybridized carbons (Fsp3) is 0.114. The van der Waals surface area contributed by atoms with Crippen LogP contribution in [-0.2, 0) is 17.5 Å². The van der Waals surface area contributed by atoms with Crippen LogP contribution in [0.2, 0.25) is 0 Å². The van der Waals surface area contributed by atoms with Gasteiger partial charge in [-0.3, -0.25) is 0 Å². The Morgan fingerprint density at radius 1 is 0.818 bits per heavy atom. The minimum atomic E-state index is -1.63. The third-order valence-electron chi connectivity index (χ3n) is 6.84. The summed E-state index contributed by atoms with van der Waals surface area (Å²) in [4.78, 5) is 15.9. The van der Waals surface area contributed by atoms with Crippen molar-refractivity contribution in [2.24, 2.45) is 0 Å². The van der Waals surface area contributed by atoms with Gasteiger partial charge in [0.25, 0.3) is 0 Å². The first-order valence-electron chi connectivity index (χ1n) is 13.9. The molecule has 0 saturated heterocycles. The third kappa shape index (κ3) is 8.00. The number of nitrogens with one attached hydrogen (secondary N) is 2. The Morgan fingerprint density at radius 3 is 2.09 bits per heavy atom. The van der Waals surface area contributed by atoms with E-state index in [-0.39, 0.29) is 11.3 Å². The Balaban J connectivity index is 1.38. The minimum absolute atomic E-state index is 0.0443. The molecule has 0 aliphatic carbocycles. The molecule has 44 heavy (non-hydrogen) atoms. The Hall–Kier alpha value is -4.73. The van der Waals surface area contributed by atoms with Crippen LogP contribution in [0.25, 0.3) is 0 Å². The van der Waals surface area contributed by atoms with E-state index < -0.39 is 17.0 Å². The lowest BCUT2D eigenvalue weighted by atomic mass is 10.1.